The molecular weight excluding hydrogens is 124 g/mol. The van der Waals surface area contributed by atoms with Crippen LogP contribution in [0.1, 0.15) is 12.8 Å². The van der Waals surface area contributed by atoms with Gasteiger partial charge in [-0.2, -0.15) is 0 Å². The minimum Gasteiger partial charge on any atom is -0.380 e. The molecule has 0 spiro atoms. The Hall–Kier alpha value is -0.660. The van der Waals surface area contributed by atoms with Crippen molar-refractivity contribution in [1.29, 1.82) is 0 Å². The molecule has 0 aliphatic heterocycles. The molecule has 0 radical (unpaired) electrons. The van der Waals surface area contributed by atoms with Gasteiger partial charge in [-0.15, -0.1) is 0 Å². The number of allylic oxidation sites excluding steroid dienone is 2. The van der Waals surface area contributed by atoms with E-state index in [4.69, 9.17) is 0 Å². The van der Waals surface area contributed by atoms with E-state index in [-0.39, 0.29) is 0 Å². The molecule has 0 aromatic rings. The Morgan fingerprint density at radius 2 is 1.10 bits per heavy atom. The third-order valence-electron chi connectivity index (χ3n) is 2.01. The molecule has 0 fully saturated rings. The molecule has 0 unspecified atom stereocenters. The summed E-state index contributed by atoms with van der Waals surface area (Å²) in [7, 11) is 8.44. The molecule has 0 amide bonds. The highest BCUT2D eigenvalue weighted by Crippen LogP contribution is 2.29. The van der Waals surface area contributed by atoms with E-state index in [1.54, 1.807) is 0 Å². The summed E-state index contributed by atoms with van der Waals surface area (Å²) in [6, 6.07) is 0. The van der Waals surface area contributed by atoms with Gasteiger partial charge in [0, 0.05) is 39.6 Å². The van der Waals surface area contributed by atoms with Crippen molar-refractivity contribution in [2.45, 2.75) is 12.8 Å². The van der Waals surface area contributed by atoms with Crippen molar-refractivity contribution in [1.82, 2.24) is 9.80 Å². The van der Waals surface area contributed by atoms with Crippen molar-refractivity contribution < 1.29 is 0 Å². The lowest BCUT2D eigenvalue weighted by Gasteiger charge is -2.33. The molecule has 1 aliphatic rings. The Labute approximate surface area is 63.1 Å². The largest absolute Gasteiger partial charge is 0.380 e. The average molecular weight is 140 g/mol. The van der Waals surface area contributed by atoms with Crippen LogP contribution in [0.5, 0.6) is 0 Å². The maximum absolute atomic E-state index is 2.21. The van der Waals surface area contributed by atoms with E-state index in [2.05, 4.69) is 38.0 Å². The quantitative estimate of drug-likeness (QED) is 0.567. The van der Waals surface area contributed by atoms with Crippen LogP contribution in [-0.4, -0.2) is 38.0 Å². The molecule has 0 aromatic heterocycles. The van der Waals surface area contributed by atoms with Crippen LogP contribution in [0, 0.1) is 0 Å². The normalized spacial score (nSPS) is 16.8. The van der Waals surface area contributed by atoms with Crippen molar-refractivity contribution in [2.24, 2.45) is 0 Å². The summed E-state index contributed by atoms with van der Waals surface area (Å²) in [6.07, 6.45) is 2.50. The minimum atomic E-state index is 1.25. The highest BCUT2D eigenvalue weighted by molar-refractivity contribution is 5.21. The van der Waals surface area contributed by atoms with Gasteiger partial charge in [0.25, 0.3) is 0 Å². The third kappa shape index (κ3) is 1.11. The van der Waals surface area contributed by atoms with Gasteiger partial charge in [0.05, 0.1) is 0 Å². The second-order valence-corrected chi connectivity index (χ2v) is 3.18. The molecule has 10 heavy (non-hydrogen) atoms. The second-order valence-electron chi connectivity index (χ2n) is 3.18. The molecular formula is C8H16N2. The molecule has 1 rings (SSSR count). The van der Waals surface area contributed by atoms with Crippen molar-refractivity contribution in [3.05, 3.63) is 11.4 Å². The van der Waals surface area contributed by atoms with Crippen LogP contribution in [0.15, 0.2) is 11.4 Å². The summed E-state index contributed by atoms with van der Waals surface area (Å²) in [4.78, 5) is 4.41. The van der Waals surface area contributed by atoms with Crippen molar-refractivity contribution >= 4 is 0 Å². The smallest absolute Gasteiger partial charge is 0.0326 e. The molecule has 1 aliphatic carbocycles. The van der Waals surface area contributed by atoms with Crippen LogP contribution in [-0.2, 0) is 0 Å². The summed E-state index contributed by atoms with van der Waals surface area (Å²) in [5.41, 5.74) is 2.98. The monoisotopic (exact) mass is 140 g/mol. The zero-order valence-corrected chi connectivity index (χ0v) is 7.31. The van der Waals surface area contributed by atoms with Gasteiger partial charge in [-0.25, -0.2) is 0 Å². The molecule has 2 heteroatoms. The zero-order valence-electron chi connectivity index (χ0n) is 7.31. The number of hydrogen-bond donors (Lipinski definition) is 0. The first-order valence-electron chi connectivity index (χ1n) is 3.69. The second kappa shape index (κ2) is 2.52. The molecule has 0 aromatic carbocycles. The maximum Gasteiger partial charge on any atom is 0.0326 e. The molecule has 58 valence electrons. The number of rotatable bonds is 2. The van der Waals surface area contributed by atoms with Gasteiger partial charge in [0.2, 0.25) is 0 Å². The highest BCUT2D eigenvalue weighted by Gasteiger charge is 2.19. The average Bonchev–Trinajstić information content (AvgIpc) is 1.56. The Morgan fingerprint density at radius 1 is 0.800 bits per heavy atom. The standard InChI is InChI=1S/C8H16N2/c1-9(2)7-5-6-8(7)10(3)4/h5-6H2,1-4H3. The van der Waals surface area contributed by atoms with Gasteiger partial charge in [-0.05, 0) is 12.8 Å². The van der Waals surface area contributed by atoms with Gasteiger partial charge in [-0.1, -0.05) is 0 Å². The lowest BCUT2D eigenvalue weighted by atomic mass is 9.99. The lowest BCUT2D eigenvalue weighted by molar-refractivity contribution is 0.364. The first kappa shape index (κ1) is 7.45. The minimum absolute atomic E-state index is 1.25. The van der Waals surface area contributed by atoms with Gasteiger partial charge in [0.15, 0.2) is 0 Å². The van der Waals surface area contributed by atoms with Crippen LogP contribution in [0.25, 0.3) is 0 Å². The predicted octanol–water partition coefficient (Wildman–Crippen LogP) is 1.11. The van der Waals surface area contributed by atoms with E-state index >= 15 is 0 Å². The van der Waals surface area contributed by atoms with Crippen LogP contribution in [0.3, 0.4) is 0 Å². The Bertz CT molecular complexity index is 139. The number of hydrogen-bond acceptors (Lipinski definition) is 2. The molecule has 0 N–H and O–H groups in total. The lowest BCUT2D eigenvalue weighted by Crippen LogP contribution is -2.27. The fourth-order valence-corrected chi connectivity index (χ4v) is 1.31. The zero-order chi connectivity index (χ0) is 7.72. The summed E-state index contributed by atoms with van der Waals surface area (Å²) >= 11 is 0. The van der Waals surface area contributed by atoms with Gasteiger partial charge in [0.1, 0.15) is 0 Å². The first-order valence-corrected chi connectivity index (χ1v) is 3.69. The summed E-state index contributed by atoms with van der Waals surface area (Å²) in [6.45, 7) is 0. The summed E-state index contributed by atoms with van der Waals surface area (Å²) in [5.74, 6) is 0. The maximum atomic E-state index is 2.21. The van der Waals surface area contributed by atoms with Gasteiger partial charge >= 0.3 is 0 Å². The predicted molar refractivity (Wildman–Crippen MR) is 43.6 cm³/mol. The number of nitrogens with zero attached hydrogens (tertiary/aromatic N) is 2. The SMILES string of the molecule is CN(C)C1=C(N(C)C)CC1. The molecule has 2 nitrogen and oxygen atoms in total. The van der Waals surface area contributed by atoms with E-state index in [9.17, 15) is 0 Å². The first-order chi connectivity index (χ1) is 4.63. The van der Waals surface area contributed by atoms with Gasteiger partial charge in [-0.3, -0.25) is 0 Å². The topological polar surface area (TPSA) is 6.48 Å². The summed E-state index contributed by atoms with van der Waals surface area (Å²) < 4.78 is 0. The Morgan fingerprint density at radius 3 is 1.20 bits per heavy atom. The molecule has 0 bridgehead atoms. The molecule has 0 saturated carbocycles. The van der Waals surface area contributed by atoms with Crippen molar-refractivity contribution in [3.8, 4) is 0 Å². The molecule has 0 heterocycles. The van der Waals surface area contributed by atoms with Gasteiger partial charge < -0.3 is 9.80 Å². The van der Waals surface area contributed by atoms with E-state index in [1.165, 1.54) is 24.2 Å². The van der Waals surface area contributed by atoms with E-state index in [0.717, 1.165) is 0 Å². The highest BCUT2D eigenvalue weighted by atomic mass is 15.2. The Balaban J connectivity index is 2.67. The summed E-state index contributed by atoms with van der Waals surface area (Å²) in [5, 5.41) is 0. The van der Waals surface area contributed by atoms with Crippen LogP contribution < -0.4 is 0 Å². The van der Waals surface area contributed by atoms with Crippen LogP contribution in [0.4, 0.5) is 0 Å². The van der Waals surface area contributed by atoms with Crippen molar-refractivity contribution in [3.63, 3.8) is 0 Å². The van der Waals surface area contributed by atoms with E-state index < -0.39 is 0 Å². The van der Waals surface area contributed by atoms with E-state index in [1.807, 2.05) is 0 Å². The Kier molecular flexibility index (Phi) is 1.88. The fraction of sp³-hybridized carbons (Fsp3) is 0.750. The fourth-order valence-electron chi connectivity index (χ4n) is 1.31. The molecule has 0 atom stereocenters. The molecule has 0 saturated heterocycles. The van der Waals surface area contributed by atoms with Crippen molar-refractivity contribution in [2.75, 3.05) is 28.2 Å². The van der Waals surface area contributed by atoms with E-state index in [0.29, 0.717) is 0 Å². The third-order valence-corrected chi connectivity index (χ3v) is 2.01. The van der Waals surface area contributed by atoms with Crippen LogP contribution >= 0.6 is 0 Å². The van der Waals surface area contributed by atoms with Crippen LogP contribution in [0.2, 0.25) is 0 Å².